The number of aliphatic imine (C=N–C) groups is 1. The summed E-state index contributed by atoms with van der Waals surface area (Å²) < 4.78 is 0. The predicted molar refractivity (Wildman–Crippen MR) is 101 cm³/mol. The molecule has 0 unspecified atom stereocenters. The van der Waals surface area contributed by atoms with E-state index in [0.717, 1.165) is 0 Å². The van der Waals surface area contributed by atoms with Crippen molar-refractivity contribution < 1.29 is 29.7 Å². The Morgan fingerprint density at radius 1 is 1.30 bits per heavy atom. The van der Waals surface area contributed by atoms with Gasteiger partial charge in [0.1, 0.15) is 5.92 Å². The van der Waals surface area contributed by atoms with Crippen molar-refractivity contribution in [2.75, 3.05) is 20.6 Å². The van der Waals surface area contributed by atoms with Crippen molar-refractivity contribution in [3.05, 3.63) is 10.5 Å². The van der Waals surface area contributed by atoms with E-state index in [9.17, 15) is 29.7 Å². The molecule has 27 heavy (non-hydrogen) atoms. The molecule has 2 aliphatic heterocycles. The van der Waals surface area contributed by atoms with Gasteiger partial charge >= 0.3 is 11.9 Å². The number of aliphatic carboxylic acids is 2. The zero-order chi connectivity index (χ0) is 20.5. The van der Waals surface area contributed by atoms with Crippen LogP contribution in [0.2, 0.25) is 0 Å². The molecule has 0 bridgehead atoms. The number of carboxylic acids is 2. The molecule has 0 radical (unpaired) electrons. The van der Waals surface area contributed by atoms with Crippen LogP contribution in [-0.2, 0) is 14.4 Å². The molecule has 0 saturated carbocycles. The normalized spacial score (nSPS) is 27.3. The maximum absolute atomic E-state index is 12.1. The molecule has 2 aliphatic rings. The summed E-state index contributed by atoms with van der Waals surface area (Å²) in [5, 5.41) is 31.8. The molecule has 1 saturated heterocycles. The fourth-order valence-corrected chi connectivity index (χ4v) is 4.69. The molecule has 0 aliphatic carbocycles. The third-order valence-corrected chi connectivity index (χ3v) is 6.19. The van der Waals surface area contributed by atoms with Gasteiger partial charge in [-0.05, 0) is 25.8 Å². The summed E-state index contributed by atoms with van der Waals surface area (Å²) in [6, 6.07) is -1.25. The lowest BCUT2D eigenvalue weighted by molar-refractivity contribution is -0.145. The van der Waals surface area contributed by atoms with E-state index in [1.807, 2.05) is 0 Å². The Hall–Kier alpha value is -1.91. The summed E-state index contributed by atoms with van der Waals surface area (Å²) in [6.45, 7) is 3.53. The van der Waals surface area contributed by atoms with Crippen molar-refractivity contribution in [2.45, 2.75) is 43.7 Å². The van der Waals surface area contributed by atoms with Gasteiger partial charge in [0, 0.05) is 30.8 Å². The summed E-state index contributed by atoms with van der Waals surface area (Å²) in [7, 11) is 3.35. The number of nitrogens with one attached hydrogen (secondary N) is 1. The third-order valence-electron chi connectivity index (χ3n) is 4.75. The summed E-state index contributed by atoms with van der Waals surface area (Å²) >= 11 is 1.30. The van der Waals surface area contributed by atoms with Crippen LogP contribution in [0.4, 0.5) is 0 Å². The van der Waals surface area contributed by atoms with E-state index in [1.165, 1.54) is 23.6 Å². The molecule has 0 spiro atoms. The van der Waals surface area contributed by atoms with Crippen LogP contribution in [0, 0.1) is 5.92 Å². The fourth-order valence-electron chi connectivity index (χ4n) is 3.33. The number of carboxylic acid groups (broad SMARTS) is 2. The highest BCUT2D eigenvalue weighted by Crippen LogP contribution is 2.39. The topological polar surface area (TPSA) is 140 Å². The minimum absolute atomic E-state index is 0.0398. The Morgan fingerprint density at radius 2 is 1.93 bits per heavy atom. The SMILES string of the molecule is CC1=C(S[C@@H]2CN[C@H](C(=O)N(C)C)C2)C(C(=O)O)=N[C@H]1[C@H](C(=O)O)[C@@H](C)O. The summed E-state index contributed by atoms with van der Waals surface area (Å²) in [6.07, 6.45) is -0.643. The van der Waals surface area contributed by atoms with E-state index in [0.29, 0.717) is 23.4 Å². The van der Waals surface area contributed by atoms with Crippen LogP contribution < -0.4 is 5.32 Å². The molecule has 4 N–H and O–H groups in total. The molecule has 1 fully saturated rings. The van der Waals surface area contributed by atoms with Crippen LogP contribution in [0.3, 0.4) is 0 Å². The number of aliphatic hydroxyl groups is 1. The van der Waals surface area contributed by atoms with Crippen LogP contribution >= 0.6 is 11.8 Å². The minimum atomic E-state index is -1.24. The van der Waals surface area contributed by atoms with Crippen molar-refractivity contribution in [1.29, 1.82) is 0 Å². The van der Waals surface area contributed by atoms with Gasteiger partial charge in [0.15, 0.2) is 5.71 Å². The standard InChI is InChI=1S/C17H25N3O6S/c1-7-12(11(8(2)21)16(23)24)19-13(17(25)26)14(7)27-9-5-10(18-6-9)15(22)20(3)4/h8-12,18,21H,5-6H2,1-4H3,(H,23,24)(H,25,26)/t8-,9+,10+,11-,12-/m1/s1. The molecule has 10 heteroatoms. The average molecular weight is 399 g/mol. The highest BCUT2D eigenvalue weighted by molar-refractivity contribution is 8.04. The molecule has 0 aromatic carbocycles. The molecule has 1 amide bonds. The minimum Gasteiger partial charge on any atom is -0.481 e. The molecular formula is C17H25N3O6S. The van der Waals surface area contributed by atoms with Crippen LogP contribution in [0.25, 0.3) is 0 Å². The van der Waals surface area contributed by atoms with Crippen molar-refractivity contribution in [3.8, 4) is 0 Å². The molecule has 0 aromatic rings. The molecule has 9 nitrogen and oxygen atoms in total. The van der Waals surface area contributed by atoms with Crippen LogP contribution in [0.5, 0.6) is 0 Å². The van der Waals surface area contributed by atoms with E-state index in [-0.39, 0.29) is 22.9 Å². The van der Waals surface area contributed by atoms with Gasteiger partial charge in [-0.1, -0.05) is 0 Å². The Kier molecular flexibility index (Phi) is 6.66. The molecule has 2 heterocycles. The summed E-state index contributed by atoms with van der Waals surface area (Å²) in [5.74, 6) is -3.73. The second-order valence-electron chi connectivity index (χ2n) is 7.01. The number of carbonyl (C=O) groups excluding carboxylic acids is 1. The predicted octanol–water partition coefficient (Wildman–Crippen LogP) is -0.198. The van der Waals surface area contributed by atoms with Crippen LogP contribution in [0.15, 0.2) is 15.5 Å². The van der Waals surface area contributed by atoms with Gasteiger partial charge in [0.25, 0.3) is 0 Å². The summed E-state index contributed by atoms with van der Waals surface area (Å²) in [4.78, 5) is 41.3. The average Bonchev–Trinajstić information content (AvgIpc) is 3.13. The van der Waals surface area contributed by atoms with Gasteiger partial charge in [0.05, 0.1) is 18.2 Å². The monoisotopic (exact) mass is 399 g/mol. The van der Waals surface area contributed by atoms with Crippen molar-refractivity contribution in [2.24, 2.45) is 10.9 Å². The number of thioether (sulfide) groups is 1. The molecule has 0 aromatic heterocycles. The first-order chi connectivity index (χ1) is 12.5. The number of nitrogens with zero attached hydrogens (tertiary/aromatic N) is 2. The fraction of sp³-hybridized carbons (Fsp3) is 0.647. The van der Waals surface area contributed by atoms with Gasteiger partial charge in [-0.3, -0.25) is 14.6 Å². The quantitative estimate of drug-likeness (QED) is 0.462. The lowest BCUT2D eigenvalue weighted by Crippen LogP contribution is -2.39. The van der Waals surface area contributed by atoms with Crippen molar-refractivity contribution in [1.82, 2.24) is 10.2 Å². The Bertz CT molecular complexity index is 703. The highest BCUT2D eigenvalue weighted by Gasteiger charge is 2.41. The van der Waals surface area contributed by atoms with Gasteiger partial charge < -0.3 is 25.5 Å². The first-order valence-electron chi connectivity index (χ1n) is 8.58. The first-order valence-corrected chi connectivity index (χ1v) is 9.46. The summed E-state index contributed by atoms with van der Waals surface area (Å²) in [5.41, 5.74) is 0.338. The van der Waals surface area contributed by atoms with E-state index >= 15 is 0 Å². The number of rotatable bonds is 7. The maximum atomic E-state index is 12.1. The zero-order valence-corrected chi connectivity index (χ0v) is 16.5. The smallest absolute Gasteiger partial charge is 0.355 e. The van der Waals surface area contributed by atoms with Gasteiger partial charge in [0.2, 0.25) is 5.91 Å². The second kappa shape index (κ2) is 8.41. The van der Waals surface area contributed by atoms with E-state index in [4.69, 9.17) is 0 Å². The largest absolute Gasteiger partial charge is 0.481 e. The lowest BCUT2D eigenvalue weighted by atomic mass is 9.91. The Labute approximate surface area is 161 Å². The van der Waals surface area contributed by atoms with Crippen LogP contribution in [0.1, 0.15) is 20.3 Å². The molecule has 150 valence electrons. The van der Waals surface area contributed by atoms with E-state index in [1.54, 1.807) is 21.0 Å². The number of hydrogen-bond acceptors (Lipinski definition) is 7. The number of likely N-dealkylation sites (N-methyl/N-ethyl adjacent to an activating group) is 1. The van der Waals surface area contributed by atoms with Crippen molar-refractivity contribution >= 4 is 35.3 Å². The van der Waals surface area contributed by atoms with Crippen LogP contribution in [-0.4, -0.2) is 87.9 Å². The van der Waals surface area contributed by atoms with Crippen molar-refractivity contribution in [3.63, 3.8) is 0 Å². The van der Waals surface area contributed by atoms with Gasteiger partial charge in [-0.2, -0.15) is 0 Å². The maximum Gasteiger partial charge on any atom is 0.355 e. The number of hydrogen-bond donors (Lipinski definition) is 4. The number of aliphatic hydroxyl groups excluding tert-OH is 1. The first kappa shape index (κ1) is 21.4. The lowest BCUT2D eigenvalue weighted by Gasteiger charge is -2.21. The Morgan fingerprint density at radius 3 is 2.41 bits per heavy atom. The van der Waals surface area contributed by atoms with E-state index in [2.05, 4.69) is 10.3 Å². The second-order valence-corrected chi connectivity index (χ2v) is 8.32. The van der Waals surface area contributed by atoms with Gasteiger partial charge in [-0.25, -0.2) is 4.79 Å². The third kappa shape index (κ3) is 4.50. The number of amides is 1. The number of carbonyl (C=O) groups is 3. The molecular weight excluding hydrogens is 374 g/mol. The van der Waals surface area contributed by atoms with Gasteiger partial charge in [-0.15, -0.1) is 11.8 Å². The highest BCUT2D eigenvalue weighted by atomic mass is 32.2. The molecule has 2 rings (SSSR count). The van der Waals surface area contributed by atoms with E-state index < -0.39 is 30.0 Å². The Balaban J connectivity index is 2.24. The molecule has 5 atom stereocenters. The zero-order valence-electron chi connectivity index (χ0n) is 15.7.